The second-order valence-corrected chi connectivity index (χ2v) is 7.60. The maximum absolute atomic E-state index is 13.9. The van der Waals surface area contributed by atoms with Gasteiger partial charge in [0.1, 0.15) is 11.3 Å². The lowest BCUT2D eigenvalue weighted by Crippen LogP contribution is -2.48. The van der Waals surface area contributed by atoms with Crippen molar-refractivity contribution in [1.29, 1.82) is 0 Å². The van der Waals surface area contributed by atoms with Gasteiger partial charge in [0.2, 0.25) is 0 Å². The van der Waals surface area contributed by atoms with Crippen molar-refractivity contribution >= 4 is 32.6 Å². The van der Waals surface area contributed by atoms with Gasteiger partial charge >= 0.3 is 6.18 Å². The summed E-state index contributed by atoms with van der Waals surface area (Å²) in [6.45, 7) is 1.33. The Balaban J connectivity index is 1.47. The molecule has 29 heavy (non-hydrogen) atoms. The molecule has 1 saturated heterocycles. The van der Waals surface area contributed by atoms with Crippen molar-refractivity contribution in [3.8, 4) is 0 Å². The molecule has 0 spiro atoms. The Morgan fingerprint density at radius 1 is 1.03 bits per heavy atom. The van der Waals surface area contributed by atoms with E-state index in [1.54, 1.807) is 0 Å². The molecule has 0 N–H and O–H groups in total. The molecule has 1 amide bonds. The van der Waals surface area contributed by atoms with E-state index >= 15 is 0 Å². The number of nitrogens with zero attached hydrogens (tertiary/aromatic N) is 3. The van der Waals surface area contributed by atoms with Gasteiger partial charge in [0.25, 0.3) is 5.91 Å². The molecule has 1 aliphatic heterocycles. The molecule has 1 aromatic heterocycles. The molecular weight excluding hydrogens is 413 g/mol. The van der Waals surface area contributed by atoms with Crippen molar-refractivity contribution in [2.24, 2.45) is 0 Å². The first-order valence-corrected chi connectivity index (χ1v) is 9.51. The minimum atomic E-state index is -4.52. The number of amides is 1. The van der Waals surface area contributed by atoms with E-state index in [0.29, 0.717) is 22.9 Å². The molecule has 152 valence electrons. The van der Waals surface area contributed by atoms with Crippen LogP contribution in [0.4, 0.5) is 27.1 Å². The minimum absolute atomic E-state index is 0.0224. The molecule has 4 nitrogen and oxygen atoms in total. The van der Waals surface area contributed by atoms with Crippen LogP contribution in [-0.2, 0) is 6.18 Å². The number of benzene rings is 2. The molecule has 0 radical (unpaired) electrons. The fourth-order valence-corrected chi connectivity index (χ4v) is 4.25. The van der Waals surface area contributed by atoms with Crippen LogP contribution in [0.2, 0.25) is 0 Å². The van der Waals surface area contributed by atoms with E-state index in [0.717, 1.165) is 29.5 Å². The molecular formula is C19H14F5N3OS. The van der Waals surface area contributed by atoms with Crippen molar-refractivity contribution < 1.29 is 26.7 Å². The Morgan fingerprint density at radius 3 is 2.45 bits per heavy atom. The summed E-state index contributed by atoms with van der Waals surface area (Å²) in [7, 11) is 0. The smallest absolute Gasteiger partial charge is 0.345 e. The highest BCUT2D eigenvalue weighted by molar-refractivity contribution is 7.22. The van der Waals surface area contributed by atoms with Crippen LogP contribution in [-0.4, -0.2) is 42.0 Å². The topological polar surface area (TPSA) is 36.4 Å². The Kier molecular flexibility index (Phi) is 4.89. The zero-order chi connectivity index (χ0) is 20.8. The predicted octanol–water partition coefficient (Wildman–Crippen LogP) is 4.56. The van der Waals surface area contributed by atoms with Gasteiger partial charge in [-0.25, -0.2) is 13.8 Å². The number of rotatable bonds is 2. The summed E-state index contributed by atoms with van der Waals surface area (Å²) in [5.41, 5.74) is -0.801. The van der Waals surface area contributed by atoms with Gasteiger partial charge in [-0.05, 0) is 24.3 Å². The maximum Gasteiger partial charge on any atom is 0.416 e. The van der Waals surface area contributed by atoms with Gasteiger partial charge in [0, 0.05) is 37.8 Å². The lowest BCUT2D eigenvalue weighted by Gasteiger charge is -2.34. The molecule has 0 aliphatic carbocycles. The molecule has 0 saturated carbocycles. The first-order valence-electron chi connectivity index (χ1n) is 8.69. The monoisotopic (exact) mass is 427 g/mol. The average molecular weight is 427 g/mol. The van der Waals surface area contributed by atoms with Crippen LogP contribution >= 0.6 is 11.3 Å². The number of thiazole rings is 1. The highest BCUT2D eigenvalue weighted by Crippen LogP contribution is 2.32. The minimum Gasteiger partial charge on any atom is -0.345 e. The number of carbonyl (C=O) groups is 1. The average Bonchev–Trinajstić information content (AvgIpc) is 3.11. The van der Waals surface area contributed by atoms with Crippen molar-refractivity contribution in [2.45, 2.75) is 6.18 Å². The third-order valence-electron chi connectivity index (χ3n) is 4.68. The molecule has 4 rings (SSSR count). The van der Waals surface area contributed by atoms with Crippen molar-refractivity contribution in [2.75, 3.05) is 31.1 Å². The molecule has 10 heteroatoms. The summed E-state index contributed by atoms with van der Waals surface area (Å²) < 4.78 is 66.2. The second-order valence-electron chi connectivity index (χ2n) is 6.59. The Labute approximate surface area is 166 Å². The zero-order valence-corrected chi connectivity index (χ0v) is 15.7. The summed E-state index contributed by atoms with van der Waals surface area (Å²) in [5, 5.41) is 0.510. The van der Waals surface area contributed by atoms with Crippen molar-refractivity contribution in [3.63, 3.8) is 0 Å². The van der Waals surface area contributed by atoms with Crippen LogP contribution in [0.3, 0.4) is 0 Å². The number of carbonyl (C=O) groups excluding carboxylic acids is 1. The summed E-state index contributed by atoms with van der Waals surface area (Å²) in [6, 6.07) is 6.32. The SMILES string of the molecule is O=C(c1cccc(C(F)(F)F)c1)N1CCN(c2nc3c(F)cc(F)cc3s2)CC1. The van der Waals surface area contributed by atoms with Crippen LogP contribution < -0.4 is 4.90 Å². The third-order valence-corrected chi connectivity index (χ3v) is 5.74. The quantitative estimate of drug-likeness (QED) is 0.563. The van der Waals surface area contributed by atoms with Gasteiger partial charge in [-0.1, -0.05) is 17.4 Å². The van der Waals surface area contributed by atoms with E-state index in [-0.39, 0.29) is 24.2 Å². The first kappa shape index (κ1) is 19.6. The van der Waals surface area contributed by atoms with Gasteiger partial charge in [-0.15, -0.1) is 0 Å². The van der Waals surface area contributed by atoms with Crippen molar-refractivity contribution in [3.05, 3.63) is 59.2 Å². The summed E-state index contributed by atoms with van der Waals surface area (Å²) >= 11 is 1.15. The Hall–Kier alpha value is -2.75. The van der Waals surface area contributed by atoms with Gasteiger partial charge in [-0.3, -0.25) is 4.79 Å². The lowest BCUT2D eigenvalue weighted by atomic mass is 10.1. The van der Waals surface area contributed by atoms with E-state index in [9.17, 15) is 26.7 Å². The highest BCUT2D eigenvalue weighted by atomic mass is 32.1. The van der Waals surface area contributed by atoms with Crippen LogP contribution in [0.1, 0.15) is 15.9 Å². The standard InChI is InChI=1S/C19H14F5N3OS/c20-13-9-14(21)16-15(10-13)29-18(25-16)27-6-4-26(5-7-27)17(28)11-2-1-3-12(8-11)19(22,23)24/h1-3,8-10H,4-7H2. The summed E-state index contributed by atoms with van der Waals surface area (Å²) in [5.74, 6) is -1.89. The number of hydrogen-bond acceptors (Lipinski definition) is 4. The second kappa shape index (κ2) is 7.25. The maximum atomic E-state index is 13.9. The molecule has 1 aliphatic rings. The predicted molar refractivity (Wildman–Crippen MR) is 99.1 cm³/mol. The van der Waals surface area contributed by atoms with Crippen LogP contribution in [0.25, 0.3) is 10.2 Å². The van der Waals surface area contributed by atoms with E-state index in [1.165, 1.54) is 23.1 Å². The number of alkyl halides is 3. The third kappa shape index (κ3) is 3.89. The lowest BCUT2D eigenvalue weighted by molar-refractivity contribution is -0.137. The molecule has 0 unspecified atom stereocenters. The fraction of sp³-hybridized carbons (Fsp3) is 0.263. The van der Waals surface area contributed by atoms with Gasteiger partial charge in [-0.2, -0.15) is 13.2 Å². The van der Waals surface area contributed by atoms with E-state index in [2.05, 4.69) is 4.98 Å². The zero-order valence-electron chi connectivity index (χ0n) is 14.8. The van der Waals surface area contributed by atoms with Gasteiger partial charge in [0.05, 0.1) is 10.3 Å². The highest BCUT2D eigenvalue weighted by Gasteiger charge is 2.32. The largest absolute Gasteiger partial charge is 0.416 e. The molecule has 2 aromatic carbocycles. The Morgan fingerprint density at radius 2 is 1.76 bits per heavy atom. The number of halogens is 5. The molecule has 1 fully saturated rings. The number of aromatic nitrogens is 1. The number of piperazine rings is 1. The Bertz CT molecular complexity index is 1070. The van der Waals surface area contributed by atoms with E-state index in [1.807, 2.05) is 4.90 Å². The molecule has 3 aromatic rings. The fourth-order valence-electron chi connectivity index (χ4n) is 3.19. The molecule has 0 atom stereocenters. The van der Waals surface area contributed by atoms with E-state index in [4.69, 9.17) is 0 Å². The molecule has 2 heterocycles. The van der Waals surface area contributed by atoms with Gasteiger partial charge < -0.3 is 9.80 Å². The molecule has 0 bridgehead atoms. The first-order chi connectivity index (χ1) is 13.7. The summed E-state index contributed by atoms with van der Waals surface area (Å²) in [6.07, 6.45) is -4.52. The van der Waals surface area contributed by atoms with Crippen LogP contribution in [0, 0.1) is 11.6 Å². The number of anilines is 1. The number of hydrogen-bond donors (Lipinski definition) is 0. The van der Waals surface area contributed by atoms with Crippen LogP contribution in [0.5, 0.6) is 0 Å². The van der Waals surface area contributed by atoms with E-state index < -0.39 is 29.3 Å². The van der Waals surface area contributed by atoms with Crippen molar-refractivity contribution in [1.82, 2.24) is 9.88 Å². The van der Waals surface area contributed by atoms with Crippen LogP contribution in [0.15, 0.2) is 36.4 Å². The van der Waals surface area contributed by atoms with Gasteiger partial charge in [0.15, 0.2) is 10.9 Å². The summed E-state index contributed by atoms with van der Waals surface area (Å²) in [4.78, 5) is 20.1. The normalized spacial score (nSPS) is 15.2. The number of fused-ring (bicyclic) bond motifs is 1.